The van der Waals surface area contributed by atoms with E-state index in [0.29, 0.717) is 12.0 Å². The van der Waals surface area contributed by atoms with Gasteiger partial charge in [-0.3, -0.25) is 5.32 Å². The third-order valence-electron chi connectivity index (χ3n) is 3.24. The van der Waals surface area contributed by atoms with Crippen molar-refractivity contribution in [3.05, 3.63) is 29.8 Å². The van der Waals surface area contributed by atoms with E-state index < -0.39 is 0 Å². The number of ether oxygens (including phenoxy) is 1. The Hall–Kier alpha value is -1.06. The summed E-state index contributed by atoms with van der Waals surface area (Å²) in [4.78, 5) is 0. The van der Waals surface area contributed by atoms with Gasteiger partial charge in [0, 0.05) is 6.04 Å². The molecule has 0 saturated carbocycles. The first-order valence-electron chi connectivity index (χ1n) is 5.76. The van der Waals surface area contributed by atoms with Gasteiger partial charge in [-0.1, -0.05) is 19.1 Å². The standard InChI is InChI=1S/C13H18N2O/c1-9-7-11(15-13(9)14)8-10-3-5-12(16-2)6-4-10/h3-6,9,11,13,15H,7-8H2,1-2H3/t9-,11?,13-/m0/s1. The van der Waals surface area contributed by atoms with Crippen LogP contribution in [-0.4, -0.2) is 19.3 Å². The quantitative estimate of drug-likeness (QED) is 0.838. The van der Waals surface area contributed by atoms with Gasteiger partial charge < -0.3 is 4.74 Å². The van der Waals surface area contributed by atoms with Crippen molar-refractivity contribution in [1.29, 1.82) is 0 Å². The Morgan fingerprint density at radius 1 is 1.38 bits per heavy atom. The van der Waals surface area contributed by atoms with Crippen molar-refractivity contribution in [2.45, 2.75) is 32.0 Å². The average molecular weight is 218 g/mol. The van der Waals surface area contributed by atoms with E-state index in [1.54, 1.807) is 7.11 Å². The zero-order valence-corrected chi connectivity index (χ0v) is 9.81. The second kappa shape index (κ2) is 4.85. The molecule has 2 radical (unpaired) electrons. The van der Waals surface area contributed by atoms with Gasteiger partial charge in [0.15, 0.2) is 0 Å². The van der Waals surface area contributed by atoms with Crippen molar-refractivity contribution < 1.29 is 4.74 Å². The summed E-state index contributed by atoms with van der Waals surface area (Å²) in [6, 6.07) is 8.50. The van der Waals surface area contributed by atoms with Crippen LogP contribution >= 0.6 is 0 Å². The molecule has 1 heterocycles. The van der Waals surface area contributed by atoms with Crippen molar-refractivity contribution in [1.82, 2.24) is 11.1 Å². The number of rotatable bonds is 3. The molecule has 1 aliphatic heterocycles. The van der Waals surface area contributed by atoms with Crippen LogP contribution in [0.5, 0.6) is 5.75 Å². The zero-order valence-electron chi connectivity index (χ0n) is 9.81. The molecule has 1 aromatic rings. The van der Waals surface area contributed by atoms with Crippen LogP contribution in [0.2, 0.25) is 0 Å². The van der Waals surface area contributed by atoms with E-state index >= 15 is 0 Å². The van der Waals surface area contributed by atoms with E-state index in [2.05, 4.69) is 24.4 Å². The number of nitrogens with zero attached hydrogens (tertiary/aromatic N) is 1. The number of hydrogen-bond acceptors (Lipinski definition) is 2. The topological polar surface area (TPSA) is 43.6 Å². The Morgan fingerprint density at radius 2 is 2.06 bits per heavy atom. The van der Waals surface area contributed by atoms with Gasteiger partial charge in [0.2, 0.25) is 0 Å². The molecule has 1 aromatic carbocycles. The third-order valence-corrected chi connectivity index (χ3v) is 3.24. The summed E-state index contributed by atoms with van der Waals surface area (Å²) >= 11 is 0. The first-order valence-corrected chi connectivity index (χ1v) is 5.76. The van der Waals surface area contributed by atoms with E-state index in [1.807, 2.05) is 12.1 Å². The normalized spacial score (nSPS) is 29.3. The Bertz CT molecular complexity index is 326. The van der Waals surface area contributed by atoms with E-state index in [-0.39, 0.29) is 6.17 Å². The number of hydrogen-bond donors (Lipinski definition) is 1. The molecular weight excluding hydrogens is 200 g/mol. The van der Waals surface area contributed by atoms with Gasteiger partial charge >= 0.3 is 0 Å². The van der Waals surface area contributed by atoms with E-state index in [1.165, 1.54) is 5.56 Å². The number of methoxy groups -OCH3 is 1. The summed E-state index contributed by atoms with van der Waals surface area (Å²) in [5, 5.41) is 3.20. The van der Waals surface area contributed by atoms with Crippen LogP contribution in [0.25, 0.3) is 0 Å². The lowest BCUT2D eigenvalue weighted by atomic mass is 10.0. The molecule has 1 fully saturated rings. The first kappa shape index (κ1) is 11.4. The molecule has 1 aliphatic rings. The molecule has 0 aliphatic carbocycles. The molecule has 0 amide bonds. The van der Waals surface area contributed by atoms with Crippen molar-refractivity contribution >= 4 is 0 Å². The minimum Gasteiger partial charge on any atom is -0.497 e. The van der Waals surface area contributed by atoms with Crippen LogP contribution in [0.3, 0.4) is 0 Å². The fourth-order valence-electron chi connectivity index (χ4n) is 2.24. The highest BCUT2D eigenvalue weighted by atomic mass is 16.5. The van der Waals surface area contributed by atoms with E-state index in [0.717, 1.165) is 18.6 Å². The Balaban J connectivity index is 1.94. The lowest BCUT2D eigenvalue weighted by Gasteiger charge is -2.11. The molecule has 3 atom stereocenters. The lowest BCUT2D eigenvalue weighted by Crippen LogP contribution is -2.32. The van der Waals surface area contributed by atoms with Gasteiger partial charge in [-0.25, -0.2) is 0 Å². The highest BCUT2D eigenvalue weighted by Crippen LogP contribution is 2.21. The Kier molecular flexibility index (Phi) is 3.46. The summed E-state index contributed by atoms with van der Waals surface area (Å²) in [6.07, 6.45) is 1.65. The molecule has 3 nitrogen and oxygen atoms in total. The SMILES string of the molecule is COc1ccc(CC2C[C@H](C)[C@@H]([N])N2)cc1. The van der Waals surface area contributed by atoms with Gasteiger partial charge in [0.25, 0.3) is 0 Å². The Morgan fingerprint density at radius 3 is 2.56 bits per heavy atom. The maximum absolute atomic E-state index is 9.60. The smallest absolute Gasteiger partial charge is 0.118 e. The van der Waals surface area contributed by atoms with E-state index in [4.69, 9.17) is 4.74 Å². The minimum atomic E-state index is -0.344. The molecule has 16 heavy (non-hydrogen) atoms. The number of benzene rings is 1. The minimum absolute atomic E-state index is 0.344. The summed E-state index contributed by atoms with van der Waals surface area (Å²) in [7, 11) is 1.67. The predicted octanol–water partition coefficient (Wildman–Crippen LogP) is 1.63. The highest BCUT2D eigenvalue weighted by molar-refractivity contribution is 5.27. The fourth-order valence-corrected chi connectivity index (χ4v) is 2.24. The molecule has 1 saturated heterocycles. The maximum atomic E-state index is 9.60. The molecule has 0 spiro atoms. The molecule has 3 heteroatoms. The zero-order chi connectivity index (χ0) is 11.5. The second-order valence-corrected chi connectivity index (χ2v) is 4.57. The Labute approximate surface area is 97.0 Å². The first-order chi connectivity index (χ1) is 7.69. The molecular formula is C13H18N2O. The monoisotopic (exact) mass is 218 g/mol. The molecule has 1 unspecified atom stereocenters. The molecule has 2 rings (SSSR count). The summed E-state index contributed by atoms with van der Waals surface area (Å²) in [6.45, 7) is 2.08. The van der Waals surface area contributed by atoms with Crippen molar-refractivity contribution in [3.8, 4) is 5.75 Å². The average Bonchev–Trinajstić information content (AvgIpc) is 2.59. The van der Waals surface area contributed by atoms with Gasteiger partial charge in [-0.2, -0.15) is 0 Å². The molecule has 0 bridgehead atoms. The summed E-state index contributed by atoms with van der Waals surface area (Å²) in [5.74, 6) is 1.24. The van der Waals surface area contributed by atoms with Crippen molar-refractivity contribution in [2.75, 3.05) is 7.11 Å². The third kappa shape index (κ3) is 2.54. The van der Waals surface area contributed by atoms with Gasteiger partial charge in [0.05, 0.1) is 13.3 Å². The van der Waals surface area contributed by atoms with Crippen LogP contribution in [0.1, 0.15) is 18.9 Å². The maximum Gasteiger partial charge on any atom is 0.118 e. The van der Waals surface area contributed by atoms with Gasteiger partial charge in [0.1, 0.15) is 5.75 Å². The van der Waals surface area contributed by atoms with Crippen molar-refractivity contribution in [3.63, 3.8) is 0 Å². The van der Waals surface area contributed by atoms with Crippen LogP contribution in [0, 0.1) is 5.92 Å². The summed E-state index contributed by atoms with van der Waals surface area (Å²) < 4.78 is 5.12. The molecule has 0 aromatic heterocycles. The number of nitrogens with one attached hydrogen (secondary N) is 1. The highest BCUT2D eigenvalue weighted by Gasteiger charge is 2.28. The lowest BCUT2D eigenvalue weighted by molar-refractivity contribution is 0.414. The summed E-state index contributed by atoms with van der Waals surface area (Å²) in [5.41, 5.74) is 10.9. The van der Waals surface area contributed by atoms with Gasteiger partial charge in [-0.05, 0) is 36.5 Å². The van der Waals surface area contributed by atoms with Crippen LogP contribution in [-0.2, 0) is 6.42 Å². The molecule has 1 N–H and O–H groups in total. The van der Waals surface area contributed by atoms with Gasteiger partial charge in [-0.15, -0.1) is 5.73 Å². The van der Waals surface area contributed by atoms with Crippen LogP contribution in [0.4, 0.5) is 0 Å². The fraction of sp³-hybridized carbons (Fsp3) is 0.538. The second-order valence-electron chi connectivity index (χ2n) is 4.57. The van der Waals surface area contributed by atoms with Crippen LogP contribution < -0.4 is 15.8 Å². The van der Waals surface area contributed by atoms with Crippen LogP contribution in [0.15, 0.2) is 24.3 Å². The molecule has 86 valence electrons. The van der Waals surface area contributed by atoms with E-state index in [9.17, 15) is 5.73 Å². The van der Waals surface area contributed by atoms with Crippen molar-refractivity contribution in [2.24, 2.45) is 5.92 Å². The predicted molar refractivity (Wildman–Crippen MR) is 63.3 cm³/mol. The largest absolute Gasteiger partial charge is 0.497 e.